The van der Waals surface area contributed by atoms with E-state index in [-0.39, 0.29) is 30.7 Å². The Morgan fingerprint density at radius 1 is 1.09 bits per heavy atom. The van der Waals surface area contributed by atoms with Gasteiger partial charge in [0.2, 0.25) is 5.91 Å². The topological polar surface area (TPSA) is 113 Å². The molecule has 0 fully saturated rings. The number of carbonyl (C=O) groups is 2. The van der Waals surface area contributed by atoms with Crippen molar-refractivity contribution in [1.29, 1.82) is 0 Å². The zero-order chi connectivity index (χ0) is 22.9. The number of nitrogens with zero attached hydrogens (tertiary/aromatic N) is 4. The van der Waals surface area contributed by atoms with E-state index in [2.05, 4.69) is 20.4 Å². The summed E-state index contributed by atoms with van der Waals surface area (Å²) in [5.74, 6) is -0.103. The van der Waals surface area contributed by atoms with Crippen LogP contribution in [0, 0.1) is 0 Å². The molecule has 2 amide bonds. The van der Waals surface area contributed by atoms with Crippen molar-refractivity contribution in [2.45, 2.75) is 32.5 Å². The van der Waals surface area contributed by atoms with Gasteiger partial charge in [-0.2, -0.15) is 5.10 Å². The predicted molar refractivity (Wildman–Crippen MR) is 123 cm³/mol. The average molecular weight is 442 g/mol. The number of nitrogens with one attached hydrogen (secondary N) is 2. The van der Waals surface area contributed by atoms with Crippen molar-refractivity contribution < 1.29 is 9.59 Å². The van der Waals surface area contributed by atoms with Gasteiger partial charge in [0, 0.05) is 17.8 Å². The Morgan fingerprint density at radius 2 is 1.88 bits per heavy atom. The number of benzene rings is 2. The third kappa shape index (κ3) is 4.00. The minimum Gasteiger partial charge on any atom is -0.347 e. The van der Waals surface area contributed by atoms with Crippen molar-refractivity contribution in [2.24, 2.45) is 0 Å². The van der Waals surface area contributed by atoms with E-state index in [0.717, 1.165) is 33.4 Å². The first-order valence-electron chi connectivity index (χ1n) is 10.7. The number of carbonyl (C=O) groups excluding carboxylic acids is 2. The molecular formula is C24H22N6O3. The molecule has 2 N–H and O–H groups in total. The molecule has 0 saturated carbocycles. The van der Waals surface area contributed by atoms with Crippen LogP contribution in [0.1, 0.15) is 28.8 Å². The predicted octanol–water partition coefficient (Wildman–Crippen LogP) is 2.03. The van der Waals surface area contributed by atoms with Crippen molar-refractivity contribution in [1.82, 2.24) is 25.1 Å². The number of rotatable bonds is 5. The highest BCUT2D eigenvalue weighted by molar-refractivity contribution is 6.06. The molecule has 33 heavy (non-hydrogen) atoms. The van der Waals surface area contributed by atoms with Crippen molar-refractivity contribution in [3.63, 3.8) is 0 Å². The number of para-hydroxylation sites is 3. The maximum atomic E-state index is 13.2. The monoisotopic (exact) mass is 442 g/mol. The van der Waals surface area contributed by atoms with Crippen LogP contribution >= 0.6 is 0 Å². The van der Waals surface area contributed by atoms with E-state index >= 15 is 0 Å². The zero-order valence-electron chi connectivity index (χ0n) is 18.0. The number of fused-ring (bicyclic) bond motifs is 2. The van der Waals surface area contributed by atoms with E-state index in [1.807, 2.05) is 55.5 Å². The van der Waals surface area contributed by atoms with Crippen LogP contribution < -0.4 is 15.8 Å². The Morgan fingerprint density at radius 3 is 2.73 bits per heavy atom. The minimum absolute atomic E-state index is 0.0239. The van der Waals surface area contributed by atoms with Crippen molar-refractivity contribution >= 4 is 28.5 Å². The average Bonchev–Trinajstić information content (AvgIpc) is 3.38. The first-order chi connectivity index (χ1) is 16.0. The normalized spacial score (nSPS) is 14.9. The van der Waals surface area contributed by atoms with Gasteiger partial charge in [0.15, 0.2) is 0 Å². The minimum atomic E-state index is -0.458. The van der Waals surface area contributed by atoms with Gasteiger partial charge < -0.3 is 15.2 Å². The van der Waals surface area contributed by atoms with Crippen LogP contribution in [-0.2, 0) is 24.3 Å². The molecule has 1 aliphatic rings. The van der Waals surface area contributed by atoms with E-state index in [4.69, 9.17) is 0 Å². The summed E-state index contributed by atoms with van der Waals surface area (Å²) in [4.78, 5) is 47.2. The van der Waals surface area contributed by atoms with Crippen molar-refractivity contribution in [3.05, 3.63) is 88.1 Å². The lowest BCUT2D eigenvalue weighted by Gasteiger charge is -2.22. The fourth-order valence-electron chi connectivity index (χ4n) is 4.14. The third-order valence-corrected chi connectivity index (χ3v) is 5.70. The molecule has 0 aliphatic carbocycles. The number of H-pyrrole nitrogens is 1. The molecule has 4 aromatic rings. The van der Waals surface area contributed by atoms with Crippen molar-refractivity contribution in [2.75, 3.05) is 4.90 Å². The van der Waals surface area contributed by atoms with Gasteiger partial charge in [-0.3, -0.25) is 14.4 Å². The van der Waals surface area contributed by atoms with Crippen LogP contribution in [0.5, 0.6) is 0 Å². The van der Waals surface area contributed by atoms with Gasteiger partial charge in [0.25, 0.3) is 11.5 Å². The largest absolute Gasteiger partial charge is 0.347 e. The fourth-order valence-corrected chi connectivity index (χ4v) is 4.14. The van der Waals surface area contributed by atoms with Gasteiger partial charge in [-0.15, -0.1) is 0 Å². The number of aromatic amines is 1. The summed E-state index contributed by atoms with van der Waals surface area (Å²) < 4.78 is 1.01. The molecule has 0 bridgehead atoms. The molecule has 2 aromatic heterocycles. The lowest BCUT2D eigenvalue weighted by atomic mass is 10.1. The van der Waals surface area contributed by atoms with E-state index in [1.165, 1.54) is 12.1 Å². The summed E-state index contributed by atoms with van der Waals surface area (Å²) >= 11 is 0. The smallest absolute Gasteiger partial charge is 0.278 e. The van der Waals surface area contributed by atoms with E-state index in [0.29, 0.717) is 5.82 Å². The molecular weight excluding hydrogens is 420 g/mol. The Labute approximate surface area is 189 Å². The number of imidazole rings is 1. The molecule has 0 radical (unpaired) electrons. The van der Waals surface area contributed by atoms with E-state index in [1.54, 1.807) is 4.90 Å². The lowest BCUT2D eigenvalue weighted by Crippen LogP contribution is -2.39. The summed E-state index contributed by atoms with van der Waals surface area (Å²) in [6.45, 7) is 1.86. The second-order valence-electron chi connectivity index (χ2n) is 8.05. The number of amides is 2. The maximum absolute atomic E-state index is 13.2. The molecule has 1 atom stereocenters. The van der Waals surface area contributed by atoms with E-state index < -0.39 is 11.5 Å². The van der Waals surface area contributed by atoms with Crippen LogP contribution in [0.2, 0.25) is 0 Å². The number of hydrogen-bond acceptors (Lipinski definition) is 5. The molecule has 3 heterocycles. The second kappa shape index (κ2) is 8.34. The highest BCUT2D eigenvalue weighted by Gasteiger charge is 2.32. The first kappa shape index (κ1) is 20.6. The Kier molecular flexibility index (Phi) is 5.21. The van der Waals surface area contributed by atoms with Gasteiger partial charge >= 0.3 is 0 Å². The Balaban J connectivity index is 1.30. The molecule has 5 rings (SSSR count). The van der Waals surface area contributed by atoms with Gasteiger partial charge in [-0.1, -0.05) is 30.3 Å². The molecule has 1 unspecified atom stereocenters. The molecule has 0 spiro atoms. The zero-order valence-corrected chi connectivity index (χ0v) is 18.0. The third-order valence-electron chi connectivity index (χ3n) is 5.70. The van der Waals surface area contributed by atoms with Gasteiger partial charge in [0.05, 0.1) is 17.6 Å². The summed E-state index contributed by atoms with van der Waals surface area (Å²) in [6, 6.07) is 17.9. The quantitative estimate of drug-likeness (QED) is 0.491. The standard InChI is InChI=1S/C24H22N6O3/c1-15-12-16-6-2-5-9-20(16)30(15)24(33)19-10-11-23(32)29(28-19)14-22(31)25-13-21-26-17-7-3-4-8-18(17)27-21/h2-11,15H,12-14H2,1H3,(H,25,31)(H,26,27). The summed E-state index contributed by atoms with van der Waals surface area (Å²) in [5, 5.41) is 6.91. The second-order valence-corrected chi connectivity index (χ2v) is 8.05. The van der Waals surface area contributed by atoms with Crippen LogP contribution in [0.4, 0.5) is 5.69 Å². The SMILES string of the molecule is CC1Cc2ccccc2N1C(=O)c1ccc(=O)n(CC(=O)NCc2nc3ccccc3[nH]2)n1. The first-order valence-corrected chi connectivity index (χ1v) is 10.7. The van der Waals surface area contributed by atoms with Crippen LogP contribution in [0.25, 0.3) is 11.0 Å². The lowest BCUT2D eigenvalue weighted by molar-refractivity contribution is -0.122. The number of hydrogen-bond donors (Lipinski definition) is 2. The summed E-state index contributed by atoms with van der Waals surface area (Å²) in [5.41, 5.74) is 3.28. The Hall–Kier alpha value is -4.27. The molecule has 0 saturated heterocycles. The fraction of sp³-hybridized carbons (Fsp3) is 0.208. The number of anilines is 1. The molecule has 9 nitrogen and oxygen atoms in total. The van der Waals surface area contributed by atoms with Gasteiger partial charge in [-0.05, 0) is 43.2 Å². The summed E-state index contributed by atoms with van der Waals surface area (Å²) in [6.07, 6.45) is 0.756. The maximum Gasteiger partial charge on any atom is 0.278 e. The highest BCUT2D eigenvalue weighted by atomic mass is 16.2. The van der Waals surface area contributed by atoms with Crippen molar-refractivity contribution in [3.8, 4) is 0 Å². The molecule has 9 heteroatoms. The van der Waals surface area contributed by atoms with Crippen LogP contribution in [0.3, 0.4) is 0 Å². The van der Waals surface area contributed by atoms with Gasteiger partial charge in [0.1, 0.15) is 18.1 Å². The van der Waals surface area contributed by atoms with Gasteiger partial charge in [-0.25, -0.2) is 9.67 Å². The van der Waals surface area contributed by atoms with Crippen LogP contribution in [0.15, 0.2) is 65.5 Å². The van der Waals surface area contributed by atoms with E-state index in [9.17, 15) is 14.4 Å². The molecule has 2 aromatic carbocycles. The molecule has 1 aliphatic heterocycles. The Bertz CT molecular complexity index is 1390. The van der Waals surface area contributed by atoms with Crippen LogP contribution in [-0.4, -0.2) is 37.6 Å². The highest BCUT2D eigenvalue weighted by Crippen LogP contribution is 2.32. The summed E-state index contributed by atoms with van der Waals surface area (Å²) in [7, 11) is 0. The number of aromatic nitrogens is 4. The molecule has 166 valence electrons.